The van der Waals surface area contributed by atoms with E-state index in [-0.39, 0.29) is 36.3 Å². The normalized spacial score (nSPS) is 11.6. The van der Waals surface area contributed by atoms with E-state index in [1.54, 1.807) is 19.2 Å². The lowest BCUT2D eigenvalue weighted by atomic mass is 10.2. The van der Waals surface area contributed by atoms with Crippen molar-refractivity contribution in [2.75, 3.05) is 26.8 Å². The molecule has 0 unspecified atom stereocenters. The van der Waals surface area contributed by atoms with Crippen LogP contribution in [-0.2, 0) is 11.3 Å². The maximum Gasteiger partial charge on any atom is 0.573 e. The number of ether oxygens (including phenoxy) is 2. The van der Waals surface area contributed by atoms with Gasteiger partial charge in [0.15, 0.2) is 5.96 Å². The number of nitrogens with one attached hydrogen (secondary N) is 2. The Bertz CT molecular complexity index is 485. The summed E-state index contributed by atoms with van der Waals surface area (Å²) in [5, 5.41) is 6.01. The Kier molecular flexibility index (Phi) is 10.7. The fourth-order valence-corrected chi connectivity index (χ4v) is 1.64. The fourth-order valence-electron chi connectivity index (χ4n) is 1.64. The molecule has 0 atom stereocenters. The van der Waals surface area contributed by atoms with Crippen LogP contribution >= 0.6 is 24.0 Å². The number of guanidine groups is 1. The Morgan fingerprint density at radius 1 is 1.22 bits per heavy atom. The van der Waals surface area contributed by atoms with Gasteiger partial charge in [-0.05, 0) is 13.0 Å². The lowest BCUT2D eigenvalue weighted by Gasteiger charge is -2.13. The number of rotatable bonds is 7. The van der Waals surface area contributed by atoms with Crippen LogP contribution in [0.2, 0.25) is 0 Å². The third-order valence-corrected chi connectivity index (χ3v) is 2.55. The van der Waals surface area contributed by atoms with Crippen molar-refractivity contribution in [3.05, 3.63) is 29.8 Å². The predicted molar refractivity (Wildman–Crippen MR) is 93.2 cm³/mol. The first-order chi connectivity index (χ1) is 10.5. The summed E-state index contributed by atoms with van der Waals surface area (Å²) in [6.45, 7) is 3.64. The van der Waals surface area contributed by atoms with Gasteiger partial charge in [0.05, 0.1) is 13.2 Å². The Morgan fingerprint density at radius 2 is 1.91 bits per heavy atom. The van der Waals surface area contributed by atoms with Gasteiger partial charge >= 0.3 is 6.36 Å². The van der Waals surface area contributed by atoms with Crippen molar-refractivity contribution in [1.82, 2.24) is 10.6 Å². The molecule has 1 aromatic rings. The summed E-state index contributed by atoms with van der Waals surface area (Å²) in [5.74, 6) is 0.257. The molecule has 0 amide bonds. The average Bonchev–Trinajstić information content (AvgIpc) is 2.44. The maximum atomic E-state index is 12.3. The number of halogens is 4. The van der Waals surface area contributed by atoms with Gasteiger partial charge in [0.1, 0.15) is 5.75 Å². The minimum Gasteiger partial charge on any atom is -0.405 e. The van der Waals surface area contributed by atoms with Crippen molar-refractivity contribution >= 4 is 29.9 Å². The second kappa shape index (κ2) is 11.3. The van der Waals surface area contributed by atoms with Crippen LogP contribution in [0.25, 0.3) is 0 Å². The van der Waals surface area contributed by atoms with Crippen LogP contribution in [0.15, 0.2) is 29.3 Å². The van der Waals surface area contributed by atoms with Crippen LogP contribution in [0.3, 0.4) is 0 Å². The van der Waals surface area contributed by atoms with Crippen LogP contribution in [0.5, 0.6) is 5.75 Å². The van der Waals surface area contributed by atoms with E-state index < -0.39 is 6.36 Å². The topological polar surface area (TPSA) is 54.9 Å². The van der Waals surface area contributed by atoms with Gasteiger partial charge in [-0.15, -0.1) is 37.1 Å². The highest BCUT2D eigenvalue weighted by molar-refractivity contribution is 14.0. The van der Waals surface area contributed by atoms with E-state index in [0.29, 0.717) is 31.2 Å². The Morgan fingerprint density at radius 3 is 2.52 bits per heavy atom. The number of hydrogen-bond donors (Lipinski definition) is 2. The Balaban J connectivity index is 0.00000484. The van der Waals surface area contributed by atoms with Crippen molar-refractivity contribution < 1.29 is 22.6 Å². The molecular formula is C14H21F3IN3O2. The number of nitrogens with zero attached hydrogens (tertiary/aromatic N) is 1. The van der Waals surface area contributed by atoms with Gasteiger partial charge in [0.25, 0.3) is 0 Å². The van der Waals surface area contributed by atoms with E-state index in [9.17, 15) is 13.2 Å². The first-order valence-electron chi connectivity index (χ1n) is 6.81. The molecule has 0 aromatic heterocycles. The number of para-hydroxylation sites is 1. The van der Waals surface area contributed by atoms with Crippen molar-refractivity contribution in [2.45, 2.75) is 19.8 Å². The summed E-state index contributed by atoms with van der Waals surface area (Å²) in [6.07, 6.45) is -4.72. The lowest BCUT2D eigenvalue weighted by molar-refractivity contribution is -0.274. The molecule has 0 aliphatic heterocycles. The summed E-state index contributed by atoms with van der Waals surface area (Å²) in [7, 11) is 1.58. The van der Waals surface area contributed by atoms with Gasteiger partial charge in [-0.2, -0.15) is 0 Å². The molecule has 2 N–H and O–H groups in total. The number of benzene rings is 1. The van der Waals surface area contributed by atoms with Crippen molar-refractivity contribution in [3.63, 3.8) is 0 Å². The zero-order valence-electron chi connectivity index (χ0n) is 12.9. The molecule has 0 saturated carbocycles. The second-order valence-electron chi connectivity index (χ2n) is 4.27. The quantitative estimate of drug-likeness (QED) is 0.292. The SMILES string of the molecule is CCNC(=NCc1ccccc1OC(F)(F)F)NCCOC.I. The first kappa shape index (κ1) is 21.8. The highest BCUT2D eigenvalue weighted by Crippen LogP contribution is 2.26. The maximum absolute atomic E-state index is 12.3. The summed E-state index contributed by atoms with van der Waals surface area (Å²) < 4.78 is 46.0. The van der Waals surface area contributed by atoms with Gasteiger partial charge in [0.2, 0.25) is 0 Å². The van der Waals surface area contributed by atoms with E-state index in [0.717, 1.165) is 0 Å². The van der Waals surface area contributed by atoms with Crippen molar-refractivity contribution in [2.24, 2.45) is 4.99 Å². The third kappa shape index (κ3) is 9.49. The number of aliphatic imine (C=N–C) groups is 1. The molecule has 1 aromatic carbocycles. The molecule has 0 aliphatic rings. The molecule has 0 spiro atoms. The highest BCUT2D eigenvalue weighted by Gasteiger charge is 2.31. The van der Waals surface area contributed by atoms with Crippen LogP contribution in [0.1, 0.15) is 12.5 Å². The average molecular weight is 447 g/mol. The summed E-state index contributed by atoms with van der Waals surface area (Å²) in [4.78, 5) is 4.24. The summed E-state index contributed by atoms with van der Waals surface area (Å²) in [5.41, 5.74) is 0.351. The van der Waals surface area contributed by atoms with Gasteiger partial charge < -0.3 is 20.1 Å². The molecule has 23 heavy (non-hydrogen) atoms. The molecule has 132 valence electrons. The van der Waals surface area contributed by atoms with E-state index in [1.807, 2.05) is 6.92 Å². The predicted octanol–water partition coefficient (Wildman–Crippen LogP) is 2.90. The summed E-state index contributed by atoms with van der Waals surface area (Å²) >= 11 is 0. The van der Waals surface area contributed by atoms with Crippen LogP contribution in [0.4, 0.5) is 13.2 Å². The molecule has 1 rings (SSSR count). The van der Waals surface area contributed by atoms with Crippen LogP contribution in [-0.4, -0.2) is 39.1 Å². The molecule has 0 saturated heterocycles. The molecule has 0 heterocycles. The molecule has 0 fully saturated rings. The molecule has 5 nitrogen and oxygen atoms in total. The second-order valence-corrected chi connectivity index (χ2v) is 4.27. The fraction of sp³-hybridized carbons (Fsp3) is 0.500. The minimum absolute atomic E-state index is 0. The molecule has 0 bridgehead atoms. The molecule has 0 aliphatic carbocycles. The smallest absolute Gasteiger partial charge is 0.405 e. The van der Waals surface area contributed by atoms with Crippen LogP contribution < -0.4 is 15.4 Å². The zero-order chi connectivity index (χ0) is 16.4. The number of alkyl halides is 3. The number of hydrogen-bond acceptors (Lipinski definition) is 3. The Hall–Kier alpha value is -1.23. The van der Waals surface area contributed by atoms with Gasteiger partial charge in [-0.1, -0.05) is 18.2 Å². The zero-order valence-corrected chi connectivity index (χ0v) is 15.3. The first-order valence-corrected chi connectivity index (χ1v) is 6.81. The van der Waals surface area contributed by atoms with Crippen molar-refractivity contribution in [3.8, 4) is 5.75 Å². The minimum atomic E-state index is -4.72. The standard InChI is InChI=1S/C14H20F3N3O2.HI/c1-3-18-13(19-8-9-21-2)20-10-11-6-4-5-7-12(11)22-14(15,16)17;/h4-7H,3,8-10H2,1-2H3,(H2,18,19,20);1H. The Labute approximate surface area is 150 Å². The van der Waals surface area contributed by atoms with Gasteiger partial charge in [0, 0.05) is 25.8 Å². The van der Waals surface area contributed by atoms with Gasteiger partial charge in [-0.25, -0.2) is 4.99 Å². The molecular weight excluding hydrogens is 426 g/mol. The van der Waals surface area contributed by atoms with E-state index >= 15 is 0 Å². The van der Waals surface area contributed by atoms with Crippen molar-refractivity contribution in [1.29, 1.82) is 0 Å². The molecule has 9 heteroatoms. The monoisotopic (exact) mass is 447 g/mol. The van der Waals surface area contributed by atoms with E-state index in [1.165, 1.54) is 12.1 Å². The van der Waals surface area contributed by atoms with E-state index in [4.69, 9.17) is 4.74 Å². The van der Waals surface area contributed by atoms with Gasteiger partial charge in [-0.3, -0.25) is 0 Å². The number of methoxy groups -OCH3 is 1. The third-order valence-electron chi connectivity index (χ3n) is 2.55. The summed E-state index contributed by atoms with van der Waals surface area (Å²) in [6, 6.07) is 5.93. The largest absolute Gasteiger partial charge is 0.573 e. The highest BCUT2D eigenvalue weighted by atomic mass is 127. The molecule has 0 radical (unpaired) electrons. The van der Waals surface area contributed by atoms with E-state index in [2.05, 4.69) is 20.4 Å². The van der Waals surface area contributed by atoms with Crippen LogP contribution in [0, 0.1) is 0 Å². The lowest BCUT2D eigenvalue weighted by Crippen LogP contribution is -2.38.